The summed E-state index contributed by atoms with van der Waals surface area (Å²) in [6.45, 7) is 2.60. The van der Waals surface area contributed by atoms with Gasteiger partial charge < -0.3 is 9.88 Å². The van der Waals surface area contributed by atoms with Crippen molar-refractivity contribution in [1.29, 1.82) is 0 Å². The predicted molar refractivity (Wildman–Crippen MR) is 71.6 cm³/mol. The summed E-state index contributed by atoms with van der Waals surface area (Å²) in [5.41, 5.74) is -0.167. The van der Waals surface area contributed by atoms with E-state index in [2.05, 4.69) is 5.32 Å². The van der Waals surface area contributed by atoms with Gasteiger partial charge in [0.05, 0.1) is 6.54 Å². The van der Waals surface area contributed by atoms with Crippen LogP contribution in [0.4, 0.5) is 0 Å². The Morgan fingerprint density at radius 3 is 2.83 bits per heavy atom. The van der Waals surface area contributed by atoms with E-state index in [-0.39, 0.29) is 18.0 Å². The van der Waals surface area contributed by atoms with Crippen LogP contribution in [-0.2, 0) is 17.9 Å². The van der Waals surface area contributed by atoms with E-state index in [0.717, 1.165) is 4.88 Å². The molecular weight excluding hydrogens is 248 g/mol. The van der Waals surface area contributed by atoms with Gasteiger partial charge in [-0.1, -0.05) is 6.07 Å². The number of carbonyl (C=O) groups excluding carboxylic acids is 1. The zero-order chi connectivity index (χ0) is 13.0. The van der Waals surface area contributed by atoms with Crippen molar-refractivity contribution in [3.05, 3.63) is 56.6 Å². The molecular formula is C13H14N2O2S. The molecule has 0 saturated heterocycles. The first-order valence-corrected chi connectivity index (χ1v) is 6.44. The van der Waals surface area contributed by atoms with Crippen LogP contribution in [0.2, 0.25) is 0 Å². The van der Waals surface area contributed by atoms with E-state index in [0.29, 0.717) is 6.54 Å². The van der Waals surface area contributed by atoms with E-state index < -0.39 is 0 Å². The summed E-state index contributed by atoms with van der Waals surface area (Å²) in [6.07, 6.45) is 1.61. The second kappa shape index (κ2) is 5.64. The van der Waals surface area contributed by atoms with Gasteiger partial charge in [-0.15, -0.1) is 11.3 Å². The monoisotopic (exact) mass is 262 g/mol. The van der Waals surface area contributed by atoms with Crippen molar-refractivity contribution in [2.75, 3.05) is 0 Å². The highest BCUT2D eigenvalue weighted by molar-refractivity contribution is 7.11. The number of aromatic nitrogens is 1. The number of hydrogen-bond acceptors (Lipinski definition) is 3. The molecule has 0 radical (unpaired) electrons. The van der Waals surface area contributed by atoms with Gasteiger partial charge in [0.2, 0.25) is 5.91 Å². The SMILES string of the molecule is Cc1ccc(CNC(=O)Cn2ccccc2=O)s1. The Morgan fingerprint density at radius 1 is 1.33 bits per heavy atom. The van der Waals surface area contributed by atoms with Crippen LogP contribution in [0.15, 0.2) is 41.3 Å². The lowest BCUT2D eigenvalue weighted by Gasteiger charge is -2.05. The molecule has 2 heterocycles. The minimum Gasteiger partial charge on any atom is -0.350 e. The Hall–Kier alpha value is -1.88. The van der Waals surface area contributed by atoms with Gasteiger partial charge in [-0.05, 0) is 25.1 Å². The maximum atomic E-state index is 11.7. The second-order valence-corrected chi connectivity index (χ2v) is 5.33. The molecule has 0 saturated carbocycles. The van der Waals surface area contributed by atoms with Gasteiger partial charge in [0.15, 0.2) is 0 Å². The van der Waals surface area contributed by atoms with Crippen LogP contribution >= 0.6 is 11.3 Å². The average Bonchev–Trinajstić information content (AvgIpc) is 2.76. The number of nitrogens with one attached hydrogen (secondary N) is 1. The van der Waals surface area contributed by atoms with Crippen LogP contribution in [0.5, 0.6) is 0 Å². The van der Waals surface area contributed by atoms with Crippen molar-refractivity contribution >= 4 is 17.2 Å². The summed E-state index contributed by atoms with van der Waals surface area (Å²) in [5, 5.41) is 2.80. The lowest BCUT2D eigenvalue weighted by Crippen LogP contribution is -2.31. The molecule has 0 aliphatic heterocycles. The summed E-state index contributed by atoms with van der Waals surface area (Å²) in [7, 11) is 0. The molecule has 18 heavy (non-hydrogen) atoms. The van der Waals surface area contributed by atoms with Gasteiger partial charge in [0.1, 0.15) is 6.54 Å². The maximum Gasteiger partial charge on any atom is 0.250 e. The van der Waals surface area contributed by atoms with Crippen molar-refractivity contribution in [1.82, 2.24) is 9.88 Å². The van der Waals surface area contributed by atoms with E-state index in [1.165, 1.54) is 15.5 Å². The van der Waals surface area contributed by atoms with Crippen LogP contribution in [0.3, 0.4) is 0 Å². The molecule has 0 unspecified atom stereocenters. The first-order valence-electron chi connectivity index (χ1n) is 5.62. The molecule has 0 aliphatic rings. The first-order chi connectivity index (χ1) is 8.65. The van der Waals surface area contributed by atoms with Gasteiger partial charge >= 0.3 is 0 Å². The third kappa shape index (κ3) is 3.30. The van der Waals surface area contributed by atoms with Crippen LogP contribution in [0.25, 0.3) is 0 Å². The molecule has 0 aliphatic carbocycles. The minimum atomic E-state index is -0.167. The maximum absolute atomic E-state index is 11.7. The molecule has 4 nitrogen and oxygen atoms in total. The van der Waals surface area contributed by atoms with E-state index in [9.17, 15) is 9.59 Å². The third-order valence-electron chi connectivity index (χ3n) is 2.47. The number of thiophene rings is 1. The molecule has 0 bridgehead atoms. The Bertz CT molecular complexity index is 601. The highest BCUT2D eigenvalue weighted by Gasteiger charge is 2.04. The largest absolute Gasteiger partial charge is 0.350 e. The van der Waals surface area contributed by atoms with Crippen LogP contribution < -0.4 is 10.9 Å². The van der Waals surface area contributed by atoms with Gasteiger partial charge in [0, 0.05) is 22.0 Å². The minimum absolute atomic E-state index is 0.0596. The fraction of sp³-hybridized carbons (Fsp3) is 0.231. The molecule has 0 aromatic carbocycles. The summed E-state index contributed by atoms with van der Waals surface area (Å²) in [5.74, 6) is -0.158. The smallest absolute Gasteiger partial charge is 0.250 e. The van der Waals surface area contributed by atoms with Gasteiger partial charge in [-0.3, -0.25) is 9.59 Å². The quantitative estimate of drug-likeness (QED) is 0.908. The Morgan fingerprint density at radius 2 is 2.17 bits per heavy atom. The van der Waals surface area contributed by atoms with Gasteiger partial charge in [-0.25, -0.2) is 0 Å². The molecule has 0 spiro atoms. The first kappa shape index (κ1) is 12.6. The summed E-state index contributed by atoms with van der Waals surface area (Å²) < 4.78 is 1.38. The molecule has 0 fully saturated rings. The number of aryl methyl sites for hydroxylation is 1. The van der Waals surface area contributed by atoms with Gasteiger partial charge in [-0.2, -0.15) is 0 Å². The van der Waals surface area contributed by atoms with Crippen molar-refractivity contribution in [2.24, 2.45) is 0 Å². The van der Waals surface area contributed by atoms with Crippen molar-refractivity contribution in [3.8, 4) is 0 Å². The molecule has 94 valence electrons. The number of rotatable bonds is 4. The zero-order valence-electron chi connectivity index (χ0n) is 10.1. The van der Waals surface area contributed by atoms with Crippen molar-refractivity contribution < 1.29 is 4.79 Å². The molecule has 0 atom stereocenters. The highest BCUT2D eigenvalue weighted by atomic mass is 32.1. The normalized spacial score (nSPS) is 10.3. The molecule has 2 rings (SSSR count). The van der Waals surface area contributed by atoms with Crippen molar-refractivity contribution in [2.45, 2.75) is 20.0 Å². The Kier molecular flexibility index (Phi) is 3.94. The fourth-order valence-corrected chi connectivity index (χ4v) is 2.40. The summed E-state index contributed by atoms with van der Waals surface area (Å²) in [6, 6.07) is 8.85. The third-order valence-corrected chi connectivity index (χ3v) is 3.47. The molecule has 1 amide bonds. The topological polar surface area (TPSA) is 51.1 Å². The lowest BCUT2D eigenvalue weighted by molar-refractivity contribution is -0.121. The van der Waals surface area contributed by atoms with Gasteiger partial charge in [0.25, 0.3) is 5.56 Å². The van der Waals surface area contributed by atoms with E-state index >= 15 is 0 Å². The fourth-order valence-electron chi connectivity index (χ4n) is 1.57. The van der Waals surface area contributed by atoms with Crippen LogP contribution in [0, 0.1) is 6.92 Å². The van der Waals surface area contributed by atoms with E-state index in [1.54, 1.807) is 29.7 Å². The number of pyridine rings is 1. The number of amides is 1. The van der Waals surface area contributed by atoms with Crippen molar-refractivity contribution in [3.63, 3.8) is 0 Å². The number of nitrogens with zero attached hydrogens (tertiary/aromatic N) is 1. The Labute approximate surface area is 109 Å². The predicted octanol–water partition coefficient (Wildman–Crippen LogP) is 1.53. The average molecular weight is 262 g/mol. The van der Waals surface area contributed by atoms with E-state index in [1.807, 2.05) is 19.1 Å². The lowest BCUT2D eigenvalue weighted by atomic mass is 10.4. The standard InChI is InChI=1S/C13H14N2O2S/c1-10-5-6-11(18-10)8-14-12(16)9-15-7-3-2-4-13(15)17/h2-7H,8-9H2,1H3,(H,14,16). The van der Waals surface area contributed by atoms with Crippen LogP contribution in [-0.4, -0.2) is 10.5 Å². The Balaban J connectivity index is 1.90. The zero-order valence-corrected chi connectivity index (χ0v) is 10.9. The van der Waals surface area contributed by atoms with Crippen LogP contribution in [0.1, 0.15) is 9.75 Å². The summed E-state index contributed by atoms with van der Waals surface area (Å²) >= 11 is 1.66. The summed E-state index contributed by atoms with van der Waals surface area (Å²) in [4.78, 5) is 25.4. The van der Waals surface area contributed by atoms with E-state index in [4.69, 9.17) is 0 Å². The number of hydrogen-bond donors (Lipinski definition) is 1. The molecule has 2 aromatic rings. The second-order valence-electron chi connectivity index (χ2n) is 3.96. The molecule has 5 heteroatoms. The molecule has 1 N–H and O–H groups in total. The highest BCUT2D eigenvalue weighted by Crippen LogP contribution is 2.14. The number of carbonyl (C=O) groups is 1. The molecule has 2 aromatic heterocycles.